The number of ether oxygens (including phenoxy) is 2. The van der Waals surface area contributed by atoms with Crippen LogP contribution in [0.25, 0.3) is 0 Å². The van der Waals surface area contributed by atoms with Crippen LogP contribution in [-0.2, 0) is 27.1 Å². The summed E-state index contributed by atoms with van der Waals surface area (Å²) in [5.74, 6) is 0.696. The molecule has 0 saturated heterocycles. The lowest BCUT2D eigenvalue weighted by molar-refractivity contribution is -0.108. The Hall–Kier alpha value is -3.99. The highest BCUT2D eigenvalue weighted by molar-refractivity contribution is 7.99. The van der Waals surface area contributed by atoms with Gasteiger partial charge in [-0.15, -0.1) is 11.8 Å². The highest BCUT2D eigenvalue weighted by atomic mass is 32.2. The molecule has 3 atom stereocenters. The van der Waals surface area contributed by atoms with Crippen molar-refractivity contribution in [1.82, 2.24) is 9.55 Å². The van der Waals surface area contributed by atoms with E-state index in [-0.39, 0.29) is 11.6 Å². The van der Waals surface area contributed by atoms with Crippen molar-refractivity contribution in [2.45, 2.75) is 70.5 Å². The first-order valence-corrected chi connectivity index (χ1v) is 20.1. The van der Waals surface area contributed by atoms with Crippen LogP contribution in [0.1, 0.15) is 49.8 Å². The molecule has 0 bridgehead atoms. The molecule has 0 aliphatic rings. The molecule has 1 heterocycles. The fraction of sp³-hybridized carbons (Fsp3) is 0.317. The summed E-state index contributed by atoms with van der Waals surface area (Å²) < 4.78 is 22.8. The number of benzene rings is 4. The Labute approximate surface area is 300 Å². The number of aromatic amines is 1. The molecule has 0 fully saturated rings. The smallest absolute Gasteiger partial charge is 0.329 e. The average Bonchev–Trinajstić information content (AvgIpc) is 3.12. The lowest BCUT2D eigenvalue weighted by Crippen LogP contribution is -2.67. The van der Waals surface area contributed by atoms with E-state index in [2.05, 4.69) is 74.3 Å². The SMILES string of the molecule is CCS[C@H]([C@H](OCc1ccccc1)[C@H](CO[Si](c1ccccc1)(c1ccccc1)C(C)(C)C)OCc1ccccc1)n1cc(C)c(=O)[nH]c1=O. The standard InChI is InChI=1S/C41H48N2O5SSi/c1-6-49-39(43-27-31(2)38(44)42-40(43)45)37(47-29-33-21-13-8-14-22-33)36(46-28-32-19-11-7-12-20-32)30-48-50(41(3,4)5,34-23-15-9-16-24-34)35-25-17-10-18-26-35/h7-27,36-37,39H,6,28-30H2,1-5H3,(H,42,44,45)/t36-,37+,39+/m0/s1. The quantitative estimate of drug-likeness (QED) is 0.113. The molecule has 0 saturated carbocycles. The van der Waals surface area contributed by atoms with Gasteiger partial charge in [-0.25, -0.2) is 4.79 Å². The van der Waals surface area contributed by atoms with Crippen molar-refractivity contribution < 1.29 is 13.9 Å². The van der Waals surface area contributed by atoms with Crippen LogP contribution in [0, 0.1) is 6.92 Å². The maximum absolute atomic E-state index is 13.5. The van der Waals surface area contributed by atoms with Crippen molar-refractivity contribution in [2.75, 3.05) is 12.4 Å². The molecule has 262 valence electrons. The first-order chi connectivity index (χ1) is 24.1. The summed E-state index contributed by atoms with van der Waals surface area (Å²) in [5.41, 5.74) is 1.56. The maximum Gasteiger partial charge on any atom is 0.329 e. The van der Waals surface area contributed by atoms with Crippen LogP contribution < -0.4 is 21.6 Å². The monoisotopic (exact) mass is 708 g/mol. The van der Waals surface area contributed by atoms with Crippen molar-refractivity contribution >= 4 is 30.5 Å². The van der Waals surface area contributed by atoms with E-state index in [4.69, 9.17) is 13.9 Å². The molecule has 0 spiro atoms. The molecule has 1 N–H and O–H groups in total. The van der Waals surface area contributed by atoms with Gasteiger partial charge >= 0.3 is 5.69 Å². The Morgan fingerprint density at radius 1 is 0.740 bits per heavy atom. The van der Waals surface area contributed by atoms with Crippen molar-refractivity contribution in [1.29, 1.82) is 0 Å². The van der Waals surface area contributed by atoms with E-state index in [1.54, 1.807) is 29.4 Å². The van der Waals surface area contributed by atoms with Gasteiger partial charge in [0.1, 0.15) is 17.6 Å². The number of rotatable bonds is 16. The minimum absolute atomic E-state index is 0.206. The zero-order chi connectivity index (χ0) is 35.6. The zero-order valence-corrected chi connectivity index (χ0v) is 31.4. The van der Waals surface area contributed by atoms with Gasteiger partial charge in [0, 0.05) is 11.8 Å². The van der Waals surface area contributed by atoms with E-state index < -0.39 is 37.1 Å². The van der Waals surface area contributed by atoms with Crippen LogP contribution in [0.4, 0.5) is 0 Å². The van der Waals surface area contributed by atoms with Gasteiger partial charge in [-0.1, -0.05) is 149 Å². The van der Waals surface area contributed by atoms with E-state index in [1.165, 1.54) is 0 Å². The van der Waals surface area contributed by atoms with Crippen molar-refractivity contribution in [3.63, 3.8) is 0 Å². The second kappa shape index (κ2) is 17.3. The Bertz CT molecular complexity index is 1840. The number of thioether (sulfide) groups is 1. The molecule has 9 heteroatoms. The summed E-state index contributed by atoms with van der Waals surface area (Å²) in [5, 5.41) is 1.53. The van der Waals surface area contributed by atoms with E-state index >= 15 is 0 Å². The van der Waals surface area contributed by atoms with E-state index in [0.29, 0.717) is 24.5 Å². The van der Waals surface area contributed by atoms with Crippen molar-refractivity contribution in [3.05, 3.63) is 165 Å². The third kappa shape index (κ3) is 8.83. The van der Waals surface area contributed by atoms with Gasteiger partial charge in [-0.2, -0.15) is 0 Å². The Balaban J connectivity index is 1.64. The summed E-state index contributed by atoms with van der Waals surface area (Å²) in [6.45, 7) is 11.3. The second-order valence-electron chi connectivity index (χ2n) is 13.4. The van der Waals surface area contributed by atoms with E-state index in [0.717, 1.165) is 21.5 Å². The molecule has 0 radical (unpaired) electrons. The summed E-state index contributed by atoms with van der Waals surface area (Å²) in [6.07, 6.45) is 0.374. The molecule has 0 aliphatic heterocycles. The first kappa shape index (κ1) is 37.3. The number of aromatic nitrogens is 2. The Morgan fingerprint density at radius 2 is 1.22 bits per heavy atom. The van der Waals surface area contributed by atoms with Gasteiger partial charge in [0.2, 0.25) is 0 Å². The van der Waals surface area contributed by atoms with Gasteiger partial charge < -0.3 is 13.9 Å². The van der Waals surface area contributed by atoms with Crippen LogP contribution in [0.15, 0.2) is 137 Å². The van der Waals surface area contributed by atoms with Crippen LogP contribution in [0.2, 0.25) is 5.04 Å². The van der Waals surface area contributed by atoms with E-state index in [1.807, 2.05) is 79.7 Å². The molecule has 4 aromatic carbocycles. The second-order valence-corrected chi connectivity index (χ2v) is 19.1. The number of nitrogens with zero attached hydrogens (tertiary/aromatic N) is 1. The van der Waals surface area contributed by atoms with Gasteiger partial charge in [0.25, 0.3) is 13.9 Å². The number of nitrogens with one attached hydrogen (secondary N) is 1. The number of hydrogen-bond donors (Lipinski definition) is 1. The molecule has 0 unspecified atom stereocenters. The first-order valence-electron chi connectivity index (χ1n) is 17.1. The summed E-state index contributed by atoms with van der Waals surface area (Å²) in [7, 11) is -2.97. The average molecular weight is 709 g/mol. The summed E-state index contributed by atoms with van der Waals surface area (Å²) in [4.78, 5) is 28.5. The number of aryl methyl sites for hydroxylation is 1. The molecule has 0 aliphatic carbocycles. The molecular weight excluding hydrogens is 661 g/mol. The highest BCUT2D eigenvalue weighted by Crippen LogP contribution is 2.38. The van der Waals surface area contributed by atoms with Crippen LogP contribution >= 0.6 is 11.8 Å². The molecule has 5 rings (SSSR count). The summed E-state index contributed by atoms with van der Waals surface area (Å²) >= 11 is 1.57. The van der Waals surface area contributed by atoms with Crippen LogP contribution in [0.5, 0.6) is 0 Å². The van der Waals surface area contributed by atoms with Crippen LogP contribution in [-0.4, -0.2) is 42.4 Å². The number of hydrogen-bond acceptors (Lipinski definition) is 6. The fourth-order valence-electron chi connectivity index (χ4n) is 6.40. The van der Waals surface area contributed by atoms with Gasteiger partial charge in [0.05, 0.1) is 19.8 Å². The summed E-state index contributed by atoms with van der Waals surface area (Å²) in [6, 6.07) is 41.1. The zero-order valence-electron chi connectivity index (χ0n) is 29.6. The predicted molar refractivity (Wildman–Crippen MR) is 207 cm³/mol. The molecule has 50 heavy (non-hydrogen) atoms. The molecule has 5 aromatic rings. The molecular formula is C41H48N2O5SSi. The fourth-order valence-corrected chi connectivity index (χ4v) is 12.1. The van der Waals surface area contributed by atoms with Crippen molar-refractivity contribution in [3.8, 4) is 0 Å². The Kier molecular flexibility index (Phi) is 12.9. The lowest BCUT2D eigenvalue weighted by Gasteiger charge is -2.44. The minimum Gasteiger partial charge on any atom is -0.405 e. The largest absolute Gasteiger partial charge is 0.405 e. The van der Waals surface area contributed by atoms with Gasteiger partial charge in [0.15, 0.2) is 0 Å². The van der Waals surface area contributed by atoms with Gasteiger partial charge in [-0.3, -0.25) is 14.3 Å². The van der Waals surface area contributed by atoms with Crippen molar-refractivity contribution in [2.24, 2.45) is 0 Å². The van der Waals surface area contributed by atoms with Gasteiger partial charge in [-0.05, 0) is 39.2 Å². The normalized spacial score (nSPS) is 13.9. The molecule has 1 aromatic heterocycles. The van der Waals surface area contributed by atoms with Crippen LogP contribution in [0.3, 0.4) is 0 Å². The molecule has 0 amide bonds. The highest BCUT2D eigenvalue weighted by Gasteiger charge is 2.51. The molecule has 7 nitrogen and oxygen atoms in total. The third-order valence-corrected chi connectivity index (χ3v) is 15.1. The Morgan fingerprint density at radius 3 is 1.70 bits per heavy atom. The predicted octanol–water partition coefficient (Wildman–Crippen LogP) is 6.84. The minimum atomic E-state index is -2.97. The maximum atomic E-state index is 13.5. The van der Waals surface area contributed by atoms with E-state index in [9.17, 15) is 9.59 Å². The lowest BCUT2D eigenvalue weighted by atomic mass is 10.1. The number of H-pyrrole nitrogens is 1. The topological polar surface area (TPSA) is 82.6 Å². The third-order valence-electron chi connectivity index (χ3n) is 8.88.